The highest BCUT2D eigenvalue weighted by Gasteiger charge is 2.41. The maximum Gasteiger partial charge on any atom is 0.410 e. The Morgan fingerprint density at radius 2 is 1.84 bits per heavy atom. The molecule has 0 bridgehead atoms. The van der Waals surface area contributed by atoms with Crippen LogP contribution < -0.4 is 0 Å². The van der Waals surface area contributed by atoms with Crippen LogP contribution in [0, 0.1) is 11.8 Å². The lowest BCUT2D eigenvalue weighted by Gasteiger charge is -2.43. The Kier molecular flexibility index (Phi) is 11.6. The van der Waals surface area contributed by atoms with Crippen molar-refractivity contribution in [2.24, 2.45) is 11.8 Å². The Bertz CT molecular complexity index is 1260. The maximum absolute atomic E-state index is 14.6. The van der Waals surface area contributed by atoms with Crippen LogP contribution in [0.4, 0.5) is 4.79 Å². The van der Waals surface area contributed by atoms with Crippen LogP contribution in [-0.2, 0) is 25.5 Å². The van der Waals surface area contributed by atoms with Crippen molar-refractivity contribution < 1.29 is 28.6 Å². The summed E-state index contributed by atoms with van der Waals surface area (Å²) in [5.41, 5.74) is 0.989. The third kappa shape index (κ3) is 8.72. The normalized spacial score (nSPS) is 19.7. The number of carbonyl (C=O) groups is 3. The number of hydrogen-bond acceptors (Lipinski definition) is 7. The smallest absolute Gasteiger partial charge is 0.410 e. The van der Waals surface area contributed by atoms with E-state index in [1.165, 1.54) is 0 Å². The number of carbonyl (C=O) groups excluding carboxylic acids is 3. The van der Waals surface area contributed by atoms with Gasteiger partial charge in [-0.25, -0.2) is 9.78 Å². The number of nitrogens with zero attached hydrogens (tertiary/aromatic N) is 5. The lowest BCUT2D eigenvalue weighted by atomic mass is 9.91. The van der Waals surface area contributed by atoms with E-state index in [0.29, 0.717) is 58.2 Å². The molecule has 2 saturated heterocycles. The summed E-state index contributed by atoms with van der Waals surface area (Å²) in [4.78, 5) is 52.0. The van der Waals surface area contributed by atoms with Crippen molar-refractivity contribution in [3.05, 3.63) is 30.1 Å². The van der Waals surface area contributed by atoms with Crippen molar-refractivity contribution >= 4 is 28.9 Å². The molecule has 1 aromatic carbocycles. The molecule has 2 atom stereocenters. The molecule has 11 heteroatoms. The number of piperidine rings is 1. The summed E-state index contributed by atoms with van der Waals surface area (Å²) in [6.45, 7) is 14.2. The molecule has 2 aliphatic rings. The second-order valence-electron chi connectivity index (χ2n) is 13.4. The Hall–Kier alpha value is -3.18. The molecule has 0 saturated carbocycles. The Morgan fingerprint density at radius 1 is 1.07 bits per heavy atom. The molecule has 2 aromatic rings. The van der Waals surface area contributed by atoms with E-state index in [-0.39, 0.29) is 36.9 Å². The van der Waals surface area contributed by atoms with Gasteiger partial charge in [-0.3, -0.25) is 9.59 Å². The number of ether oxygens (including phenoxy) is 3. The predicted octanol–water partition coefficient (Wildman–Crippen LogP) is 4.44. The van der Waals surface area contributed by atoms with Gasteiger partial charge in [0.25, 0.3) is 5.91 Å². The molecular weight excluding hydrogens is 562 g/mol. The highest BCUT2D eigenvalue weighted by atomic mass is 16.6. The maximum atomic E-state index is 14.6. The van der Waals surface area contributed by atoms with E-state index in [1.54, 1.807) is 12.0 Å². The number of para-hydroxylation sites is 2. The zero-order chi connectivity index (χ0) is 31.9. The van der Waals surface area contributed by atoms with Gasteiger partial charge in [0, 0.05) is 59.6 Å². The number of rotatable bonds is 10. The second-order valence-corrected chi connectivity index (χ2v) is 13.4. The van der Waals surface area contributed by atoms with Crippen molar-refractivity contribution in [3.8, 4) is 0 Å². The minimum Gasteiger partial charge on any atom is -0.444 e. The Morgan fingerprint density at radius 3 is 2.57 bits per heavy atom. The molecule has 0 spiro atoms. The monoisotopic (exact) mass is 613 g/mol. The standard InChI is InChI=1S/C33H51N5O6/c1-24(2)21-38(31(40)29-34-27-12-7-8-13-28(27)37(29)15-9-10-17-42-6)26-20-25(30(39)35-14-11-18-43-19-16-35)22-36(23-26)32(41)44-33(3,4)5/h7-8,12-13,24-26H,9-11,14-23H2,1-6H3/t25-,26+/m1/s1. The number of benzene rings is 1. The third-order valence-electron chi connectivity index (χ3n) is 8.05. The van der Waals surface area contributed by atoms with E-state index >= 15 is 0 Å². The average Bonchev–Trinajstić information content (AvgIpc) is 3.13. The molecule has 3 amide bonds. The fourth-order valence-corrected chi connectivity index (χ4v) is 6.08. The number of likely N-dealkylation sites (tertiary alicyclic amines) is 1. The number of methoxy groups -OCH3 is 1. The summed E-state index contributed by atoms with van der Waals surface area (Å²) in [5, 5.41) is 0. The molecule has 11 nitrogen and oxygen atoms in total. The van der Waals surface area contributed by atoms with Crippen molar-refractivity contribution in [3.63, 3.8) is 0 Å². The zero-order valence-corrected chi connectivity index (χ0v) is 27.4. The highest BCUT2D eigenvalue weighted by molar-refractivity contribution is 5.95. The first-order valence-corrected chi connectivity index (χ1v) is 16.1. The second kappa shape index (κ2) is 15.2. The fraction of sp³-hybridized carbons (Fsp3) is 0.697. The van der Waals surface area contributed by atoms with Crippen LogP contribution in [0.1, 0.15) is 70.9 Å². The number of hydrogen-bond donors (Lipinski definition) is 0. The van der Waals surface area contributed by atoms with Gasteiger partial charge in [0.05, 0.1) is 29.6 Å². The number of unbranched alkanes of at least 4 members (excludes halogenated alkanes) is 1. The molecule has 1 aromatic heterocycles. The van der Waals surface area contributed by atoms with E-state index < -0.39 is 17.6 Å². The van der Waals surface area contributed by atoms with E-state index in [2.05, 4.69) is 13.8 Å². The topological polar surface area (TPSA) is 106 Å². The predicted molar refractivity (Wildman–Crippen MR) is 168 cm³/mol. The van der Waals surface area contributed by atoms with Crippen molar-refractivity contribution in [1.29, 1.82) is 0 Å². The van der Waals surface area contributed by atoms with Gasteiger partial charge in [-0.15, -0.1) is 0 Å². The van der Waals surface area contributed by atoms with Crippen LogP contribution in [0.15, 0.2) is 24.3 Å². The van der Waals surface area contributed by atoms with Gasteiger partial charge in [0.1, 0.15) is 5.60 Å². The van der Waals surface area contributed by atoms with Gasteiger partial charge in [0.2, 0.25) is 5.91 Å². The largest absolute Gasteiger partial charge is 0.444 e. The molecule has 44 heavy (non-hydrogen) atoms. The molecule has 3 heterocycles. The lowest BCUT2D eigenvalue weighted by molar-refractivity contribution is -0.138. The molecule has 244 valence electrons. The Balaban J connectivity index is 1.68. The van der Waals surface area contributed by atoms with Gasteiger partial charge in [0.15, 0.2) is 5.82 Å². The first kappa shape index (κ1) is 33.7. The van der Waals surface area contributed by atoms with Crippen LogP contribution in [-0.4, -0.2) is 113 Å². The van der Waals surface area contributed by atoms with Crippen LogP contribution in [0.2, 0.25) is 0 Å². The molecule has 4 rings (SSSR count). The molecule has 0 unspecified atom stereocenters. The van der Waals surface area contributed by atoms with Crippen LogP contribution in [0.25, 0.3) is 11.0 Å². The minimum absolute atomic E-state index is 0.00362. The van der Waals surface area contributed by atoms with Crippen LogP contribution in [0.3, 0.4) is 0 Å². The molecule has 2 fully saturated rings. The average molecular weight is 614 g/mol. The quantitative estimate of drug-likeness (QED) is 0.365. The van der Waals surface area contributed by atoms with Crippen LogP contribution >= 0.6 is 0 Å². The summed E-state index contributed by atoms with van der Waals surface area (Å²) >= 11 is 0. The number of aromatic nitrogens is 2. The van der Waals surface area contributed by atoms with Gasteiger partial charge in [-0.05, 0) is 64.5 Å². The SMILES string of the molecule is COCCCCn1c(C(=O)N(CC(C)C)[C@H]2C[C@@H](C(=O)N3CCCOCC3)CN(C(=O)OC(C)(C)C)C2)nc2ccccc21. The highest BCUT2D eigenvalue weighted by Crippen LogP contribution is 2.28. The van der Waals surface area contributed by atoms with Crippen molar-refractivity contribution in [2.45, 2.75) is 78.5 Å². The molecule has 0 radical (unpaired) electrons. The van der Waals surface area contributed by atoms with Crippen molar-refractivity contribution in [2.75, 3.05) is 59.7 Å². The summed E-state index contributed by atoms with van der Waals surface area (Å²) < 4.78 is 18.6. The summed E-state index contributed by atoms with van der Waals surface area (Å²) in [5.74, 6) is -0.115. The minimum atomic E-state index is -0.688. The van der Waals surface area contributed by atoms with Gasteiger partial charge in [-0.1, -0.05) is 26.0 Å². The number of aryl methyl sites for hydroxylation is 1. The van der Waals surface area contributed by atoms with E-state index in [1.807, 2.05) is 59.4 Å². The fourth-order valence-electron chi connectivity index (χ4n) is 6.08. The molecule has 0 aliphatic carbocycles. The summed E-state index contributed by atoms with van der Waals surface area (Å²) in [6.07, 6.45) is 2.47. The van der Waals surface area contributed by atoms with E-state index in [0.717, 1.165) is 30.3 Å². The summed E-state index contributed by atoms with van der Waals surface area (Å²) in [6, 6.07) is 7.42. The van der Waals surface area contributed by atoms with Gasteiger partial charge in [-0.2, -0.15) is 0 Å². The molecular formula is C33H51N5O6. The molecule has 2 aliphatic heterocycles. The number of amides is 3. The summed E-state index contributed by atoms with van der Waals surface area (Å²) in [7, 11) is 1.69. The molecule has 0 N–H and O–H groups in total. The first-order valence-electron chi connectivity index (χ1n) is 16.1. The van der Waals surface area contributed by atoms with Crippen LogP contribution in [0.5, 0.6) is 0 Å². The van der Waals surface area contributed by atoms with E-state index in [4.69, 9.17) is 19.2 Å². The number of imidazole rings is 1. The first-order chi connectivity index (χ1) is 21.0. The lowest BCUT2D eigenvalue weighted by Crippen LogP contribution is -2.58. The Labute approximate surface area is 261 Å². The number of fused-ring (bicyclic) bond motifs is 1. The van der Waals surface area contributed by atoms with Crippen molar-refractivity contribution in [1.82, 2.24) is 24.3 Å². The third-order valence-corrected chi connectivity index (χ3v) is 8.05. The van der Waals surface area contributed by atoms with Gasteiger partial charge >= 0.3 is 6.09 Å². The van der Waals surface area contributed by atoms with Gasteiger partial charge < -0.3 is 33.5 Å². The zero-order valence-electron chi connectivity index (χ0n) is 27.4. The van der Waals surface area contributed by atoms with E-state index in [9.17, 15) is 14.4 Å².